The Morgan fingerprint density at radius 3 is 2.00 bits per heavy atom. The number of aromatic nitrogens is 1. The maximum absolute atomic E-state index is 2.50. The van der Waals surface area contributed by atoms with Crippen LogP contribution in [0, 0.1) is 0 Å². The van der Waals surface area contributed by atoms with Gasteiger partial charge < -0.3 is 4.57 Å². The predicted molar refractivity (Wildman–Crippen MR) is 166 cm³/mol. The maximum Gasteiger partial charge on any atom is 0.0626 e. The van der Waals surface area contributed by atoms with Crippen molar-refractivity contribution < 1.29 is 0 Å². The second-order valence-electron chi connectivity index (χ2n) is 10.1. The van der Waals surface area contributed by atoms with E-state index < -0.39 is 0 Å². The van der Waals surface area contributed by atoms with Crippen LogP contribution < -0.4 is 0 Å². The first-order valence-corrected chi connectivity index (χ1v) is 13.9. The number of para-hydroxylation sites is 1. The van der Waals surface area contributed by atoms with Gasteiger partial charge in [-0.25, -0.2) is 0 Å². The van der Waals surface area contributed by atoms with Crippen LogP contribution in [0.4, 0.5) is 0 Å². The van der Waals surface area contributed by atoms with E-state index in [1.807, 2.05) is 11.3 Å². The summed E-state index contributed by atoms with van der Waals surface area (Å²) in [6, 6.07) is 47.0. The lowest BCUT2D eigenvalue weighted by Gasteiger charge is -2.14. The van der Waals surface area contributed by atoms with Gasteiger partial charge in [0.2, 0.25) is 0 Å². The van der Waals surface area contributed by atoms with E-state index >= 15 is 0 Å². The highest BCUT2D eigenvalue weighted by Gasteiger charge is 2.20. The van der Waals surface area contributed by atoms with Crippen molar-refractivity contribution >= 4 is 85.6 Å². The molecule has 0 bridgehead atoms. The highest BCUT2D eigenvalue weighted by molar-refractivity contribution is 7.25. The van der Waals surface area contributed by atoms with Gasteiger partial charge in [-0.15, -0.1) is 11.3 Å². The molecule has 0 spiro atoms. The Labute approximate surface area is 222 Å². The molecule has 176 valence electrons. The molecule has 0 fully saturated rings. The van der Waals surface area contributed by atoms with E-state index in [1.54, 1.807) is 0 Å². The Balaban J connectivity index is 1.56. The number of hydrogen-bond acceptors (Lipinski definition) is 1. The largest absolute Gasteiger partial charge is 0.309 e. The van der Waals surface area contributed by atoms with Crippen LogP contribution in [0.15, 0.2) is 127 Å². The maximum atomic E-state index is 2.50. The van der Waals surface area contributed by atoms with E-state index in [0.717, 1.165) is 0 Å². The van der Waals surface area contributed by atoms with Crippen LogP contribution in [0.3, 0.4) is 0 Å². The van der Waals surface area contributed by atoms with Crippen molar-refractivity contribution in [3.63, 3.8) is 0 Å². The van der Waals surface area contributed by atoms with Gasteiger partial charge in [-0.05, 0) is 51.9 Å². The number of fused-ring (bicyclic) bond motifs is 13. The number of benzene rings is 7. The minimum absolute atomic E-state index is 1.21. The van der Waals surface area contributed by atoms with Crippen LogP contribution in [0.2, 0.25) is 0 Å². The summed E-state index contributed by atoms with van der Waals surface area (Å²) in [4.78, 5) is 0. The normalized spacial score (nSPS) is 12.2. The minimum atomic E-state index is 1.21. The third kappa shape index (κ3) is 2.60. The molecule has 0 saturated heterocycles. The summed E-state index contributed by atoms with van der Waals surface area (Å²) in [7, 11) is 0. The fourth-order valence-corrected chi connectivity index (χ4v) is 7.65. The summed E-state index contributed by atoms with van der Waals surface area (Å²) in [5.41, 5.74) is 3.73. The van der Waals surface area contributed by atoms with Crippen molar-refractivity contribution in [3.05, 3.63) is 127 Å². The van der Waals surface area contributed by atoms with Gasteiger partial charge in [0.05, 0.1) is 11.0 Å². The van der Waals surface area contributed by atoms with Crippen molar-refractivity contribution in [1.82, 2.24) is 4.57 Å². The van der Waals surface area contributed by atoms with Gasteiger partial charge in [-0.1, -0.05) is 97.1 Å². The van der Waals surface area contributed by atoms with E-state index in [9.17, 15) is 0 Å². The smallest absolute Gasteiger partial charge is 0.0626 e. The molecule has 9 aromatic rings. The third-order valence-electron chi connectivity index (χ3n) is 8.14. The van der Waals surface area contributed by atoms with Gasteiger partial charge in [0.25, 0.3) is 0 Å². The molecule has 0 saturated carbocycles. The average Bonchev–Trinajstić information content (AvgIpc) is 3.53. The van der Waals surface area contributed by atoms with E-state index in [2.05, 4.69) is 132 Å². The number of nitrogens with zero attached hydrogens (tertiary/aromatic N) is 1. The first-order valence-electron chi connectivity index (χ1n) is 13.0. The van der Waals surface area contributed by atoms with E-state index in [1.165, 1.54) is 80.0 Å². The zero-order chi connectivity index (χ0) is 24.8. The summed E-state index contributed by atoms with van der Waals surface area (Å²) in [6.07, 6.45) is 0. The molecule has 38 heavy (non-hydrogen) atoms. The molecule has 9 rings (SSSR count). The zero-order valence-corrected chi connectivity index (χ0v) is 21.3. The summed E-state index contributed by atoms with van der Waals surface area (Å²) < 4.78 is 5.17. The summed E-state index contributed by atoms with van der Waals surface area (Å²) in [5.74, 6) is 0. The van der Waals surface area contributed by atoms with Crippen LogP contribution >= 0.6 is 11.3 Å². The second-order valence-corrected chi connectivity index (χ2v) is 11.2. The molecule has 0 aliphatic carbocycles. The Hall–Kier alpha value is -4.66. The van der Waals surface area contributed by atoms with Gasteiger partial charge in [0.1, 0.15) is 0 Å². The van der Waals surface area contributed by atoms with Crippen LogP contribution in [0.25, 0.3) is 80.0 Å². The lowest BCUT2D eigenvalue weighted by molar-refractivity contribution is 1.19. The Bertz CT molecular complexity index is 2400. The lowest BCUT2D eigenvalue weighted by Crippen LogP contribution is -1.94. The Morgan fingerprint density at radius 2 is 1.11 bits per heavy atom. The summed E-state index contributed by atoms with van der Waals surface area (Å²) in [5, 5.41) is 13.1. The molecule has 2 heterocycles. The molecule has 1 nitrogen and oxygen atoms in total. The van der Waals surface area contributed by atoms with Crippen LogP contribution in [-0.4, -0.2) is 4.57 Å². The lowest BCUT2D eigenvalue weighted by atomic mass is 9.93. The summed E-state index contributed by atoms with van der Waals surface area (Å²) in [6.45, 7) is 0. The molecule has 2 aromatic heterocycles. The SMILES string of the molecule is c1ccc2c(c1)ccc1c3ccccc3c3c(c4ccccc4n3-c3ccc4sc5ccccc5c4c3)c21. The van der Waals surface area contributed by atoms with Crippen LogP contribution in [0.1, 0.15) is 0 Å². The fraction of sp³-hybridized carbons (Fsp3) is 0. The topological polar surface area (TPSA) is 4.93 Å². The molecule has 2 heteroatoms. The number of rotatable bonds is 1. The molecule has 0 amide bonds. The number of thiophene rings is 1. The van der Waals surface area contributed by atoms with Crippen molar-refractivity contribution in [1.29, 1.82) is 0 Å². The second kappa shape index (κ2) is 7.44. The third-order valence-corrected chi connectivity index (χ3v) is 9.30. The molecule has 0 aliphatic heterocycles. The van der Waals surface area contributed by atoms with Gasteiger partial charge in [0, 0.05) is 47.4 Å². The quantitative estimate of drug-likeness (QED) is 0.198. The molecule has 0 aliphatic rings. The van der Waals surface area contributed by atoms with E-state index in [-0.39, 0.29) is 0 Å². The summed E-state index contributed by atoms with van der Waals surface area (Å²) >= 11 is 1.87. The van der Waals surface area contributed by atoms with Gasteiger partial charge in [0.15, 0.2) is 0 Å². The Morgan fingerprint density at radius 1 is 0.421 bits per heavy atom. The van der Waals surface area contributed by atoms with Gasteiger partial charge in [-0.2, -0.15) is 0 Å². The Kier molecular flexibility index (Phi) is 3.99. The van der Waals surface area contributed by atoms with Crippen molar-refractivity contribution in [3.8, 4) is 5.69 Å². The van der Waals surface area contributed by atoms with Crippen molar-refractivity contribution in [2.24, 2.45) is 0 Å². The highest BCUT2D eigenvalue weighted by Crippen LogP contribution is 2.45. The molecule has 0 unspecified atom stereocenters. The first kappa shape index (κ1) is 20.4. The van der Waals surface area contributed by atoms with Crippen LogP contribution in [-0.2, 0) is 0 Å². The predicted octanol–water partition coefficient (Wildman–Crippen LogP) is 10.6. The van der Waals surface area contributed by atoms with Crippen molar-refractivity contribution in [2.75, 3.05) is 0 Å². The molecule has 7 aromatic carbocycles. The van der Waals surface area contributed by atoms with Crippen molar-refractivity contribution in [2.45, 2.75) is 0 Å². The van der Waals surface area contributed by atoms with Gasteiger partial charge in [-0.3, -0.25) is 0 Å². The monoisotopic (exact) mass is 499 g/mol. The molecule has 0 atom stereocenters. The van der Waals surface area contributed by atoms with Gasteiger partial charge >= 0.3 is 0 Å². The average molecular weight is 500 g/mol. The molecule has 0 N–H and O–H groups in total. The number of hydrogen-bond donors (Lipinski definition) is 0. The zero-order valence-electron chi connectivity index (χ0n) is 20.5. The fourth-order valence-electron chi connectivity index (χ4n) is 6.56. The van der Waals surface area contributed by atoms with Crippen LogP contribution in [0.5, 0.6) is 0 Å². The molecular weight excluding hydrogens is 478 g/mol. The minimum Gasteiger partial charge on any atom is -0.309 e. The van der Waals surface area contributed by atoms with E-state index in [0.29, 0.717) is 0 Å². The molecular formula is C36H21NS. The molecule has 0 radical (unpaired) electrons. The first-order chi connectivity index (χ1) is 18.9. The van der Waals surface area contributed by atoms with E-state index in [4.69, 9.17) is 0 Å². The highest BCUT2D eigenvalue weighted by atomic mass is 32.1. The standard InChI is InChI=1S/C36H21NS/c1-2-10-24-22(9-1)17-19-27-25-11-3-4-13-28(25)36-35(34(24)27)29-14-5-7-15-31(29)37(36)23-18-20-33-30(21-23)26-12-6-8-16-32(26)38-33/h1-21H.